The zero-order valence-electron chi connectivity index (χ0n) is 10.2. The van der Waals surface area contributed by atoms with Gasteiger partial charge in [-0.1, -0.05) is 30.3 Å². The maximum atomic E-state index is 11.4. The fraction of sp³-hybridized carbons (Fsp3) is 0.462. The van der Waals surface area contributed by atoms with E-state index in [9.17, 15) is 15.0 Å². The number of hydrogen-bond acceptors (Lipinski definition) is 3. The topological polar surface area (TPSA) is 72.8 Å². The van der Waals surface area contributed by atoms with Crippen molar-refractivity contribution in [2.45, 2.75) is 18.5 Å². The van der Waals surface area contributed by atoms with Crippen LogP contribution in [-0.4, -0.2) is 46.4 Å². The monoisotopic (exact) mass is 250 g/mol. The molecule has 1 aliphatic rings. The normalized spacial score (nSPS) is 22.9. The Morgan fingerprint density at radius 2 is 2.11 bits per heavy atom. The minimum absolute atomic E-state index is 0.154. The number of nitrogens with zero attached hydrogens (tertiary/aromatic N) is 1. The second-order valence-corrected chi connectivity index (χ2v) is 4.66. The molecule has 0 aliphatic carbocycles. The summed E-state index contributed by atoms with van der Waals surface area (Å²) in [6.07, 6.45) is -0.348. The van der Waals surface area contributed by atoms with Crippen LogP contribution in [0, 0.1) is 0 Å². The first-order valence-corrected chi connectivity index (χ1v) is 6.04. The van der Waals surface area contributed by atoms with E-state index in [2.05, 4.69) is 5.32 Å². The van der Waals surface area contributed by atoms with Crippen molar-refractivity contribution >= 4 is 6.09 Å². The van der Waals surface area contributed by atoms with Crippen molar-refractivity contribution in [1.29, 1.82) is 0 Å². The van der Waals surface area contributed by atoms with Gasteiger partial charge in [0.05, 0.1) is 12.1 Å². The third-order valence-corrected chi connectivity index (χ3v) is 3.50. The standard InChI is InChI=1S/C13H18N2O3/c16-10-13(6-7-14-9-13)15(12(17)18)8-11-4-2-1-3-5-11/h1-5,14,16H,6-10H2,(H,17,18). The maximum absolute atomic E-state index is 11.4. The number of rotatable bonds is 4. The molecule has 0 saturated carbocycles. The molecule has 0 aromatic heterocycles. The lowest BCUT2D eigenvalue weighted by Crippen LogP contribution is -2.55. The van der Waals surface area contributed by atoms with Gasteiger partial charge >= 0.3 is 6.09 Å². The smallest absolute Gasteiger partial charge is 0.408 e. The van der Waals surface area contributed by atoms with E-state index in [1.807, 2.05) is 30.3 Å². The van der Waals surface area contributed by atoms with E-state index in [0.29, 0.717) is 19.5 Å². The van der Waals surface area contributed by atoms with Crippen LogP contribution in [0.5, 0.6) is 0 Å². The Morgan fingerprint density at radius 3 is 2.61 bits per heavy atom. The lowest BCUT2D eigenvalue weighted by molar-refractivity contribution is 0.0395. The maximum Gasteiger partial charge on any atom is 0.408 e. The summed E-state index contributed by atoms with van der Waals surface area (Å²) >= 11 is 0. The Balaban J connectivity index is 2.20. The molecule has 18 heavy (non-hydrogen) atoms. The second kappa shape index (κ2) is 5.37. The van der Waals surface area contributed by atoms with Crippen molar-refractivity contribution in [1.82, 2.24) is 10.2 Å². The number of hydrogen-bond donors (Lipinski definition) is 3. The SMILES string of the molecule is O=C(O)N(Cc1ccccc1)C1(CO)CCNC1. The highest BCUT2D eigenvalue weighted by molar-refractivity contribution is 5.66. The lowest BCUT2D eigenvalue weighted by atomic mass is 9.96. The van der Waals surface area contributed by atoms with E-state index in [-0.39, 0.29) is 6.61 Å². The van der Waals surface area contributed by atoms with Crippen molar-refractivity contribution in [3.63, 3.8) is 0 Å². The summed E-state index contributed by atoms with van der Waals surface area (Å²) < 4.78 is 0. The Morgan fingerprint density at radius 1 is 1.39 bits per heavy atom. The average molecular weight is 250 g/mol. The largest absolute Gasteiger partial charge is 0.465 e. The van der Waals surface area contributed by atoms with Gasteiger partial charge in [-0.25, -0.2) is 4.79 Å². The highest BCUT2D eigenvalue weighted by atomic mass is 16.4. The molecule has 1 atom stereocenters. The molecule has 2 rings (SSSR count). The molecular weight excluding hydrogens is 232 g/mol. The van der Waals surface area contributed by atoms with Gasteiger partial charge in [-0.3, -0.25) is 4.90 Å². The first kappa shape index (κ1) is 12.9. The number of aliphatic hydroxyl groups excluding tert-OH is 1. The van der Waals surface area contributed by atoms with Gasteiger partial charge < -0.3 is 15.5 Å². The number of amides is 1. The van der Waals surface area contributed by atoms with Crippen LogP contribution in [0.1, 0.15) is 12.0 Å². The molecule has 1 heterocycles. The predicted octanol–water partition coefficient (Wildman–Crippen LogP) is 0.891. The lowest BCUT2D eigenvalue weighted by Gasteiger charge is -2.37. The Hall–Kier alpha value is -1.59. The number of nitrogens with one attached hydrogen (secondary N) is 1. The molecule has 3 N–H and O–H groups in total. The van der Waals surface area contributed by atoms with Gasteiger partial charge in [0, 0.05) is 13.1 Å². The molecule has 98 valence electrons. The van der Waals surface area contributed by atoms with E-state index in [1.54, 1.807) is 0 Å². The highest BCUT2D eigenvalue weighted by Gasteiger charge is 2.41. The summed E-state index contributed by atoms with van der Waals surface area (Å²) in [6, 6.07) is 9.45. The molecule has 0 radical (unpaired) electrons. The molecule has 5 heteroatoms. The molecular formula is C13H18N2O3. The Labute approximate surface area is 106 Å². The molecule has 1 aliphatic heterocycles. The molecule has 1 amide bonds. The minimum Gasteiger partial charge on any atom is -0.465 e. The van der Waals surface area contributed by atoms with Crippen LogP contribution in [0.15, 0.2) is 30.3 Å². The number of benzene rings is 1. The van der Waals surface area contributed by atoms with Gasteiger partial charge in [-0.15, -0.1) is 0 Å². The summed E-state index contributed by atoms with van der Waals surface area (Å²) in [5, 5.41) is 22.1. The van der Waals surface area contributed by atoms with E-state index in [0.717, 1.165) is 12.1 Å². The van der Waals surface area contributed by atoms with E-state index in [4.69, 9.17) is 0 Å². The van der Waals surface area contributed by atoms with Gasteiger partial charge in [0.2, 0.25) is 0 Å². The number of carboxylic acid groups (broad SMARTS) is 1. The van der Waals surface area contributed by atoms with Crippen molar-refractivity contribution in [3.8, 4) is 0 Å². The molecule has 1 saturated heterocycles. The average Bonchev–Trinajstić information content (AvgIpc) is 2.86. The van der Waals surface area contributed by atoms with Gasteiger partial charge in [-0.2, -0.15) is 0 Å². The van der Waals surface area contributed by atoms with Crippen LogP contribution in [0.2, 0.25) is 0 Å². The summed E-state index contributed by atoms with van der Waals surface area (Å²) in [5.74, 6) is 0. The third-order valence-electron chi connectivity index (χ3n) is 3.50. The van der Waals surface area contributed by atoms with Crippen LogP contribution in [-0.2, 0) is 6.54 Å². The van der Waals surface area contributed by atoms with Crippen LogP contribution in [0.3, 0.4) is 0 Å². The van der Waals surface area contributed by atoms with Crippen molar-refractivity contribution in [2.75, 3.05) is 19.7 Å². The van der Waals surface area contributed by atoms with E-state index < -0.39 is 11.6 Å². The van der Waals surface area contributed by atoms with Crippen molar-refractivity contribution < 1.29 is 15.0 Å². The minimum atomic E-state index is -0.989. The number of carbonyl (C=O) groups is 1. The molecule has 5 nitrogen and oxygen atoms in total. The van der Waals surface area contributed by atoms with Gasteiger partial charge in [-0.05, 0) is 18.5 Å². The molecule has 0 spiro atoms. The summed E-state index contributed by atoms with van der Waals surface area (Å²) in [7, 11) is 0. The second-order valence-electron chi connectivity index (χ2n) is 4.66. The zero-order valence-corrected chi connectivity index (χ0v) is 10.2. The summed E-state index contributed by atoms with van der Waals surface area (Å²) in [4.78, 5) is 12.8. The number of aliphatic hydroxyl groups is 1. The van der Waals surface area contributed by atoms with E-state index >= 15 is 0 Å². The van der Waals surface area contributed by atoms with Gasteiger partial charge in [0.15, 0.2) is 0 Å². The molecule has 1 unspecified atom stereocenters. The predicted molar refractivity (Wildman–Crippen MR) is 67.3 cm³/mol. The van der Waals surface area contributed by atoms with Crippen LogP contribution < -0.4 is 5.32 Å². The van der Waals surface area contributed by atoms with Crippen molar-refractivity contribution in [3.05, 3.63) is 35.9 Å². The fourth-order valence-corrected chi connectivity index (χ4v) is 2.39. The zero-order chi connectivity index (χ0) is 13.0. The van der Waals surface area contributed by atoms with Crippen LogP contribution >= 0.6 is 0 Å². The summed E-state index contributed by atoms with van der Waals surface area (Å²) in [5.41, 5.74) is 0.237. The van der Waals surface area contributed by atoms with Gasteiger partial charge in [0.25, 0.3) is 0 Å². The first-order valence-electron chi connectivity index (χ1n) is 6.04. The molecule has 1 aromatic carbocycles. The molecule has 1 aromatic rings. The van der Waals surface area contributed by atoms with Crippen LogP contribution in [0.4, 0.5) is 4.79 Å². The van der Waals surface area contributed by atoms with Crippen molar-refractivity contribution in [2.24, 2.45) is 0 Å². The van der Waals surface area contributed by atoms with Gasteiger partial charge in [0.1, 0.15) is 0 Å². The fourth-order valence-electron chi connectivity index (χ4n) is 2.39. The Bertz CT molecular complexity index is 402. The first-order chi connectivity index (χ1) is 8.68. The third kappa shape index (κ3) is 2.47. The van der Waals surface area contributed by atoms with E-state index in [1.165, 1.54) is 4.90 Å². The molecule has 1 fully saturated rings. The van der Waals surface area contributed by atoms with Crippen LogP contribution in [0.25, 0.3) is 0 Å². The summed E-state index contributed by atoms with van der Waals surface area (Å²) in [6.45, 7) is 1.39. The quantitative estimate of drug-likeness (QED) is 0.742. The molecule has 0 bridgehead atoms. The highest BCUT2D eigenvalue weighted by Crippen LogP contribution is 2.25. The Kier molecular flexibility index (Phi) is 3.84.